The molecule has 2 atom stereocenters. The van der Waals surface area contributed by atoms with Crippen molar-refractivity contribution in [2.24, 2.45) is 0 Å². The molecule has 82 valence electrons. The van der Waals surface area contributed by atoms with Gasteiger partial charge in [-0.2, -0.15) is 25.3 Å². The number of carboxylic acid groups (broad SMARTS) is 2. The molecule has 0 aromatic rings. The van der Waals surface area contributed by atoms with Crippen LogP contribution >= 0.6 is 25.3 Å². The van der Waals surface area contributed by atoms with Gasteiger partial charge in [-0.3, -0.25) is 0 Å². The molecule has 0 aromatic heterocycles. The van der Waals surface area contributed by atoms with Gasteiger partial charge in [-0.25, -0.2) is 0 Å². The van der Waals surface area contributed by atoms with E-state index >= 15 is 0 Å². The van der Waals surface area contributed by atoms with E-state index in [0.29, 0.717) is 12.8 Å². The van der Waals surface area contributed by atoms with Crippen molar-refractivity contribution in [1.29, 1.82) is 0 Å². The fourth-order valence-corrected chi connectivity index (χ4v) is 1.57. The molecule has 2 unspecified atom stereocenters. The number of aliphatic carboxylic acids is 2. The van der Waals surface area contributed by atoms with Crippen LogP contribution in [-0.4, -0.2) is 22.4 Å². The van der Waals surface area contributed by atoms with Crippen LogP contribution in [-0.2, 0) is 9.59 Å². The van der Waals surface area contributed by atoms with E-state index in [0.717, 1.165) is 0 Å². The summed E-state index contributed by atoms with van der Waals surface area (Å²) in [5.41, 5.74) is 0. The summed E-state index contributed by atoms with van der Waals surface area (Å²) in [4.78, 5) is 20.3. The maximum absolute atomic E-state index is 10.1. The standard InChI is InChI=1S/C8H14O4S2.2Na/c9-7(10)3-5(13)1-2-6(14)4-8(11)12;;/h5-6,13-14H,1-4H2,(H,9,10)(H,11,12);;/q;2*+1/p-2. The van der Waals surface area contributed by atoms with Gasteiger partial charge in [0.1, 0.15) is 0 Å². The summed E-state index contributed by atoms with van der Waals surface area (Å²) in [6.45, 7) is 0. The van der Waals surface area contributed by atoms with E-state index in [9.17, 15) is 19.8 Å². The number of carboxylic acids is 2. The third-order valence-corrected chi connectivity index (χ3v) is 2.52. The first-order valence-corrected chi connectivity index (χ1v) is 5.21. The average molecular weight is 282 g/mol. The van der Waals surface area contributed by atoms with Crippen LogP contribution in [0.4, 0.5) is 0 Å². The van der Waals surface area contributed by atoms with Crippen LogP contribution in [0.15, 0.2) is 0 Å². The molecule has 0 spiro atoms. The molecule has 8 heteroatoms. The van der Waals surface area contributed by atoms with Gasteiger partial charge in [0.15, 0.2) is 0 Å². The van der Waals surface area contributed by atoms with Gasteiger partial charge in [0.2, 0.25) is 0 Å². The minimum atomic E-state index is -1.15. The van der Waals surface area contributed by atoms with Crippen LogP contribution in [0, 0.1) is 0 Å². The third kappa shape index (κ3) is 15.6. The van der Waals surface area contributed by atoms with Gasteiger partial charge < -0.3 is 19.8 Å². The van der Waals surface area contributed by atoms with Gasteiger partial charge in [0, 0.05) is 22.4 Å². The topological polar surface area (TPSA) is 80.3 Å². The summed E-state index contributed by atoms with van der Waals surface area (Å²) in [7, 11) is 0. The van der Waals surface area contributed by atoms with E-state index in [4.69, 9.17) is 0 Å². The molecule has 0 amide bonds. The van der Waals surface area contributed by atoms with Gasteiger partial charge in [0.25, 0.3) is 0 Å². The third-order valence-electron chi connectivity index (χ3n) is 1.64. The second-order valence-corrected chi connectivity index (χ2v) is 4.50. The van der Waals surface area contributed by atoms with Crippen molar-refractivity contribution >= 4 is 37.2 Å². The van der Waals surface area contributed by atoms with E-state index in [1.807, 2.05) is 0 Å². The second-order valence-electron chi connectivity index (χ2n) is 3.04. The van der Waals surface area contributed by atoms with E-state index in [1.165, 1.54) is 0 Å². The first kappa shape index (κ1) is 22.8. The molecule has 0 aliphatic carbocycles. The Hall–Kier alpha value is 1.64. The molecule has 0 aromatic carbocycles. The van der Waals surface area contributed by atoms with Crippen molar-refractivity contribution in [1.82, 2.24) is 0 Å². The van der Waals surface area contributed by atoms with Crippen molar-refractivity contribution in [3.63, 3.8) is 0 Å². The molecule has 0 aliphatic rings. The predicted molar refractivity (Wildman–Crippen MR) is 54.0 cm³/mol. The van der Waals surface area contributed by atoms with Crippen LogP contribution in [0.2, 0.25) is 0 Å². The zero-order valence-corrected chi connectivity index (χ0v) is 15.3. The maximum atomic E-state index is 10.1. The number of rotatable bonds is 7. The molecular formula is C8H12Na2O4S2. The summed E-state index contributed by atoms with van der Waals surface area (Å²) in [6, 6.07) is 0. The van der Waals surface area contributed by atoms with Gasteiger partial charge in [-0.1, -0.05) is 0 Å². The van der Waals surface area contributed by atoms with Gasteiger partial charge in [-0.15, -0.1) is 0 Å². The normalized spacial score (nSPS) is 12.9. The Morgan fingerprint density at radius 1 is 0.875 bits per heavy atom. The molecule has 0 fully saturated rings. The van der Waals surface area contributed by atoms with Crippen LogP contribution in [0.25, 0.3) is 0 Å². The Bertz CT molecular complexity index is 194. The zero-order valence-electron chi connectivity index (χ0n) is 9.51. The number of carbonyl (C=O) groups is 2. The second kappa shape index (κ2) is 13.1. The van der Waals surface area contributed by atoms with Gasteiger partial charge in [0.05, 0.1) is 0 Å². The molecule has 0 bridgehead atoms. The molecule has 0 radical (unpaired) electrons. The first-order chi connectivity index (χ1) is 6.41. The van der Waals surface area contributed by atoms with Crippen molar-refractivity contribution < 1.29 is 78.9 Å². The molecule has 0 saturated carbocycles. The summed E-state index contributed by atoms with van der Waals surface area (Å²) in [5.74, 6) is -2.30. The molecule has 0 rings (SSSR count). The molecule has 0 heterocycles. The summed E-state index contributed by atoms with van der Waals surface area (Å²) in [5, 5.41) is 19.7. The largest absolute Gasteiger partial charge is 1.00 e. The molecule has 16 heavy (non-hydrogen) atoms. The monoisotopic (exact) mass is 282 g/mol. The predicted octanol–water partition coefficient (Wildman–Crippen LogP) is -7.35. The van der Waals surface area contributed by atoms with E-state index in [2.05, 4.69) is 25.3 Å². The molecule has 4 nitrogen and oxygen atoms in total. The average Bonchev–Trinajstić information content (AvgIpc) is 1.98. The Morgan fingerprint density at radius 2 is 1.12 bits per heavy atom. The smallest absolute Gasteiger partial charge is 0.550 e. The Kier molecular flexibility index (Phi) is 18.6. The molecular weight excluding hydrogens is 270 g/mol. The summed E-state index contributed by atoms with van der Waals surface area (Å²) < 4.78 is 0. The van der Waals surface area contributed by atoms with Crippen LogP contribution in [0.1, 0.15) is 25.7 Å². The SMILES string of the molecule is O=C([O-])CC(S)CCC(S)CC(=O)[O-].[Na+].[Na+]. The maximum Gasteiger partial charge on any atom is 1.00 e. The number of hydrogen-bond donors (Lipinski definition) is 2. The van der Waals surface area contributed by atoms with Crippen molar-refractivity contribution in [2.75, 3.05) is 0 Å². The number of thiol groups is 2. The summed E-state index contributed by atoms with van der Waals surface area (Å²) >= 11 is 8.03. The van der Waals surface area contributed by atoms with Crippen molar-refractivity contribution in [2.45, 2.75) is 36.2 Å². The van der Waals surface area contributed by atoms with Crippen molar-refractivity contribution in [3.8, 4) is 0 Å². The molecule has 0 aliphatic heterocycles. The Labute approximate surface area is 150 Å². The first-order valence-electron chi connectivity index (χ1n) is 4.17. The fourth-order valence-electron chi connectivity index (χ4n) is 0.974. The number of carbonyl (C=O) groups excluding carboxylic acids is 2. The molecule has 0 saturated heterocycles. The van der Waals surface area contributed by atoms with Crippen LogP contribution in [0.5, 0.6) is 0 Å². The minimum Gasteiger partial charge on any atom is -0.550 e. The van der Waals surface area contributed by atoms with Crippen molar-refractivity contribution in [3.05, 3.63) is 0 Å². The Morgan fingerprint density at radius 3 is 1.31 bits per heavy atom. The Balaban J connectivity index is -0.000000845. The van der Waals surface area contributed by atoms with Crippen LogP contribution < -0.4 is 69.3 Å². The zero-order chi connectivity index (χ0) is 11.1. The van der Waals surface area contributed by atoms with Gasteiger partial charge >= 0.3 is 59.1 Å². The fraction of sp³-hybridized carbons (Fsp3) is 0.750. The quantitative estimate of drug-likeness (QED) is 0.359. The van der Waals surface area contributed by atoms with Gasteiger partial charge in [-0.05, 0) is 25.7 Å². The van der Waals surface area contributed by atoms with Crippen LogP contribution in [0.3, 0.4) is 0 Å². The molecule has 0 N–H and O–H groups in total. The van der Waals surface area contributed by atoms with E-state index < -0.39 is 11.9 Å². The minimum absolute atomic E-state index is 0. The number of hydrogen-bond acceptors (Lipinski definition) is 6. The van der Waals surface area contributed by atoms with E-state index in [-0.39, 0.29) is 82.5 Å². The van der Waals surface area contributed by atoms with E-state index in [1.54, 1.807) is 0 Å². The summed E-state index contributed by atoms with van der Waals surface area (Å²) in [6.07, 6.45) is 0.737.